The van der Waals surface area contributed by atoms with E-state index in [-0.39, 0.29) is 22.9 Å². The summed E-state index contributed by atoms with van der Waals surface area (Å²) < 4.78 is 38.4. The fourth-order valence-electron chi connectivity index (χ4n) is 1.88. The topological polar surface area (TPSA) is 37.4 Å². The van der Waals surface area contributed by atoms with E-state index in [1.807, 2.05) is 0 Å². The van der Waals surface area contributed by atoms with Gasteiger partial charge in [-0.3, -0.25) is 0 Å². The van der Waals surface area contributed by atoms with Crippen LogP contribution in [-0.4, -0.2) is 25.0 Å². The van der Waals surface area contributed by atoms with Crippen LogP contribution in [0.15, 0.2) is 18.2 Å². The molecule has 3 nitrogen and oxygen atoms in total. The van der Waals surface area contributed by atoms with Gasteiger partial charge < -0.3 is 0 Å². The lowest BCUT2D eigenvalue weighted by molar-refractivity contribution is 0.373. The minimum Gasteiger partial charge on any atom is -0.212 e. The zero-order chi connectivity index (χ0) is 12.5. The first-order chi connectivity index (χ1) is 8.00. The zero-order valence-electron chi connectivity index (χ0n) is 9.20. The van der Waals surface area contributed by atoms with E-state index in [0.717, 1.165) is 6.42 Å². The van der Waals surface area contributed by atoms with Crippen LogP contribution in [0.1, 0.15) is 18.4 Å². The monoisotopic (exact) mass is 277 g/mol. The van der Waals surface area contributed by atoms with Crippen molar-refractivity contribution in [3.8, 4) is 0 Å². The third kappa shape index (κ3) is 2.78. The van der Waals surface area contributed by atoms with Gasteiger partial charge in [0, 0.05) is 23.7 Å². The molecule has 0 N–H and O–H groups in total. The lowest BCUT2D eigenvalue weighted by Crippen LogP contribution is -2.37. The molecule has 0 aliphatic carbocycles. The first kappa shape index (κ1) is 12.8. The molecule has 1 fully saturated rings. The van der Waals surface area contributed by atoms with Gasteiger partial charge in [-0.25, -0.2) is 12.8 Å². The molecule has 0 amide bonds. The Bertz CT molecular complexity index is 498. The fourth-order valence-corrected chi connectivity index (χ4v) is 3.66. The van der Waals surface area contributed by atoms with E-state index in [1.54, 1.807) is 6.07 Å². The standard InChI is InChI=1S/C11H13ClFNO2S/c12-10-4-3-5-11(13)9(10)8-14-6-1-2-7-17(14,15)16/h3-5H,1-2,6-8H2. The van der Waals surface area contributed by atoms with E-state index in [4.69, 9.17) is 11.6 Å². The molecule has 2 rings (SSSR count). The van der Waals surface area contributed by atoms with Crippen molar-refractivity contribution in [2.45, 2.75) is 19.4 Å². The van der Waals surface area contributed by atoms with Gasteiger partial charge >= 0.3 is 0 Å². The van der Waals surface area contributed by atoms with E-state index < -0.39 is 15.8 Å². The molecule has 1 saturated heterocycles. The van der Waals surface area contributed by atoms with Crippen LogP contribution < -0.4 is 0 Å². The Morgan fingerprint density at radius 2 is 2.12 bits per heavy atom. The maximum atomic E-state index is 13.6. The number of rotatable bonds is 2. The molecule has 0 atom stereocenters. The van der Waals surface area contributed by atoms with Crippen molar-refractivity contribution >= 4 is 21.6 Å². The van der Waals surface area contributed by atoms with Gasteiger partial charge in [-0.2, -0.15) is 4.31 Å². The zero-order valence-corrected chi connectivity index (χ0v) is 10.8. The van der Waals surface area contributed by atoms with Gasteiger partial charge in [0.2, 0.25) is 10.0 Å². The highest BCUT2D eigenvalue weighted by Crippen LogP contribution is 2.24. The largest absolute Gasteiger partial charge is 0.214 e. The fraction of sp³-hybridized carbons (Fsp3) is 0.455. The number of halogens is 2. The average Bonchev–Trinajstić information content (AvgIpc) is 2.25. The maximum absolute atomic E-state index is 13.6. The van der Waals surface area contributed by atoms with Crippen LogP contribution in [0, 0.1) is 5.82 Å². The number of hydrogen-bond acceptors (Lipinski definition) is 2. The second-order valence-electron chi connectivity index (χ2n) is 4.06. The Morgan fingerprint density at radius 1 is 1.35 bits per heavy atom. The molecule has 17 heavy (non-hydrogen) atoms. The molecule has 0 spiro atoms. The highest BCUT2D eigenvalue weighted by Gasteiger charge is 2.27. The second-order valence-corrected chi connectivity index (χ2v) is 6.55. The van der Waals surface area contributed by atoms with E-state index in [9.17, 15) is 12.8 Å². The van der Waals surface area contributed by atoms with Gasteiger partial charge in [-0.1, -0.05) is 17.7 Å². The minimum atomic E-state index is -3.25. The normalized spacial score (nSPS) is 20.4. The van der Waals surface area contributed by atoms with E-state index in [1.165, 1.54) is 16.4 Å². The van der Waals surface area contributed by atoms with Crippen molar-refractivity contribution in [1.82, 2.24) is 4.31 Å². The van der Waals surface area contributed by atoms with Crippen molar-refractivity contribution in [2.24, 2.45) is 0 Å². The molecule has 0 unspecified atom stereocenters. The molecule has 1 aromatic rings. The number of benzene rings is 1. The van der Waals surface area contributed by atoms with Crippen LogP contribution in [0.4, 0.5) is 4.39 Å². The molecule has 0 saturated carbocycles. The van der Waals surface area contributed by atoms with Gasteiger partial charge in [0.05, 0.1) is 5.75 Å². The molecule has 1 aromatic carbocycles. The molecular weight excluding hydrogens is 265 g/mol. The smallest absolute Gasteiger partial charge is 0.212 e. The second kappa shape index (κ2) is 4.92. The molecule has 0 bridgehead atoms. The maximum Gasteiger partial charge on any atom is 0.214 e. The predicted octanol–water partition coefficient (Wildman–Crippen LogP) is 2.40. The SMILES string of the molecule is O=S1(=O)CCCCN1Cc1c(F)cccc1Cl. The first-order valence-electron chi connectivity index (χ1n) is 5.41. The Balaban J connectivity index is 2.26. The molecule has 94 valence electrons. The molecule has 1 aliphatic heterocycles. The Labute approximate surface area is 105 Å². The highest BCUT2D eigenvalue weighted by atomic mass is 35.5. The number of hydrogen-bond donors (Lipinski definition) is 0. The summed E-state index contributed by atoms with van der Waals surface area (Å²) in [5.41, 5.74) is 0.250. The summed E-state index contributed by atoms with van der Waals surface area (Å²) in [4.78, 5) is 0. The summed E-state index contributed by atoms with van der Waals surface area (Å²) in [6.07, 6.45) is 1.48. The molecule has 0 aromatic heterocycles. The lowest BCUT2D eigenvalue weighted by Gasteiger charge is -2.26. The number of sulfonamides is 1. The first-order valence-corrected chi connectivity index (χ1v) is 7.40. The van der Waals surface area contributed by atoms with Crippen molar-refractivity contribution in [3.63, 3.8) is 0 Å². The Hall–Kier alpha value is -0.650. The van der Waals surface area contributed by atoms with E-state index in [0.29, 0.717) is 13.0 Å². The summed E-state index contributed by atoms with van der Waals surface area (Å²) in [6, 6.07) is 4.36. The highest BCUT2D eigenvalue weighted by molar-refractivity contribution is 7.89. The van der Waals surface area contributed by atoms with Gasteiger partial charge in [0.1, 0.15) is 5.82 Å². The predicted molar refractivity (Wildman–Crippen MR) is 64.8 cm³/mol. The van der Waals surface area contributed by atoms with Crippen molar-refractivity contribution in [1.29, 1.82) is 0 Å². The quantitative estimate of drug-likeness (QED) is 0.832. The van der Waals surface area contributed by atoms with Gasteiger partial charge in [0.15, 0.2) is 0 Å². The summed E-state index contributed by atoms with van der Waals surface area (Å²) >= 11 is 5.88. The lowest BCUT2D eigenvalue weighted by atomic mass is 10.2. The molecule has 1 aliphatic rings. The molecule has 1 heterocycles. The van der Waals surface area contributed by atoms with Crippen LogP contribution >= 0.6 is 11.6 Å². The van der Waals surface area contributed by atoms with Gasteiger partial charge in [-0.15, -0.1) is 0 Å². The molecular formula is C11H13ClFNO2S. The van der Waals surface area contributed by atoms with Crippen LogP contribution in [0.25, 0.3) is 0 Å². The number of nitrogens with zero attached hydrogens (tertiary/aromatic N) is 1. The van der Waals surface area contributed by atoms with Crippen LogP contribution in [0.2, 0.25) is 5.02 Å². The van der Waals surface area contributed by atoms with Crippen molar-refractivity contribution in [3.05, 3.63) is 34.6 Å². The van der Waals surface area contributed by atoms with Crippen molar-refractivity contribution < 1.29 is 12.8 Å². The van der Waals surface area contributed by atoms with E-state index in [2.05, 4.69) is 0 Å². The average molecular weight is 278 g/mol. The summed E-state index contributed by atoms with van der Waals surface area (Å²) in [5.74, 6) is -0.322. The third-order valence-corrected chi connectivity index (χ3v) is 5.11. The van der Waals surface area contributed by atoms with Crippen LogP contribution in [-0.2, 0) is 16.6 Å². The third-order valence-electron chi connectivity index (χ3n) is 2.85. The van der Waals surface area contributed by atoms with Crippen LogP contribution in [0.3, 0.4) is 0 Å². The molecule has 6 heteroatoms. The van der Waals surface area contributed by atoms with Crippen molar-refractivity contribution in [2.75, 3.05) is 12.3 Å². The minimum absolute atomic E-state index is 0.0217. The van der Waals surface area contributed by atoms with Gasteiger partial charge in [-0.05, 0) is 25.0 Å². The Kier molecular flexibility index (Phi) is 3.70. The summed E-state index contributed by atoms with van der Waals surface area (Å²) in [6.45, 7) is 0.459. The Morgan fingerprint density at radius 3 is 2.76 bits per heavy atom. The molecule has 0 radical (unpaired) electrons. The van der Waals surface area contributed by atoms with Crippen LogP contribution in [0.5, 0.6) is 0 Å². The van der Waals surface area contributed by atoms with Gasteiger partial charge in [0.25, 0.3) is 0 Å². The van der Waals surface area contributed by atoms with E-state index >= 15 is 0 Å². The summed E-state index contributed by atoms with van der Waals surface area (Å²) in [7, 11) is -3.25. The summed E-state index contributed by atoms with van der Waals surface area (Å²) in [5, 5.41) is 0.269.